The Hall–Kier alpha value is -1.92. The van der Waals surface area contributed by atoms with Gasteiger partial charge in [-0.25, -0.2) is 0 Å². The normalized spacial score (nSPS) is 19.4. The Morgan fingerprint density at radius 2 is 2.05 bits per heavy atom. The van der Waals surface area contributed by atoms with Crippen LogP contribution in [0.1, 0.15) is 19.8 Å². The third-order valence-corrected chi connectivity index (χ3v) is 3.48. The number of anilines is 2. The largest absolute Gasteiger partial charge is 0.366 e. The van der Waals surface area contributed by atoms with Crippen molar-refractivity contribution >= 4 is 17.7 Å². The molecule has 1 aromatic heterocycles. The standard InChI is InChI=1S/C12H18N6O/c1-9(19)17-4-6-18(7-5-17)12-15-11(8-13-16-12)14-10-2-3-10/h8,10H,2-7H2,1H3,(H,14,15,16). The summed E-state index contributed by atoms with van der Waals surface area (Å²) >= 11 is 0. The van der Waals surface area contributed by atoms with Crippen LogP contribution in [0.25, 0.3) is 0 Å². The fourth-order valence-electron chi connectivity index (χ4n) is 2.16. The van der Waals surface area contributed by atoms with E-state index in [0.29, 0.717) is 12.0 Å². The molecule has 102 valence electrons. The number of nitrogens with one attached hydrogen (secondary N) is 1. The van der Waals surface area contributed by atoms with Gasteiger partial charge in [-0.1, -0.05) is 0 Å². The molecule has 3 rings (SSSR count). The summed E-state index contributed by atoms with van der Waals surface area (Å²) < 4.78 is 0. The average Bonchev–Trinajstić information content (AvgIpc) is 3.23. The maximum absolute atomic E-state index is 11.3. The van der Waals surface area contributed by atoms with Crippen LogP contribution in [0.4, 0.5) is 11.8 Å². The minimum Gasteiger partial charge on any atom is -0.366 e. The van der Waals surface area contributed by atoms with Crippen LogP contribution in [-0.2, 0) is 4.79 Å². The van der Waals surface area contributed by atoms with E-state index < -0.39 is 0 Å². The highest BCUT2D eigenvalue weighted by atomic mass is 16.2. The Bertz CT molecular complexity index is 467. The molecule has 2 fully saturated rings. The number of amides is 1. The van der Waals surface area contributed by atoms with E-state index >= 15 is 0 Å². The maximum Gasteiger partial charge on any atom is 0.247 e. The Morgan fingerprint density at radius 1 is 1.32 bits per heavy atom. The second-order valence-corrected chi connectivity index (χ2v) is 5.05. The fraction of sp³-hybridized carbons (Fsp3) is 0.667. The molecule has 1 saturated carbocycles. The molecule has 7 heteroatoms. The highest BCUT2D eigenvalue weighted by Crippen LogP contribution is 2.23. The molecule has 1 amide bonds. The van der Waals surface area contributed by atoms with Crippen LogP contribution in [-0.4, -0.2) is 58.2 Å². The van der Waals surface area contributed by atoms with Crippen molar-refractivity contribution < 1.29 is 4.79 Å². The number of carbonyl (C=O) groups excluding carboxylic acids is 1. The first-order valence-corrected chi connectivity index (χ1v) is 6.69. The zero-order valence-corrected chi connectivity index (χ0v) is 11.0. The van der Waals surface area contributed by atoms with E-state index in [0.717, 1.165) is 32.0 Å². The van der Waals surface area contributed by atoms with E-state index in [9.17, 15) is 4.79 Å². The molecule has 2 aliphatic rings. The van der Waals surface area contributed by atoms with Gasteiger partial charge in [0.25, 0.3) is 0 Å². The molecule has 0 atom stereocenters. The molecule has 19 heavy (non-hydrogen) atoms. The van der Waals surface area contributed by atoms with Gasteiger partial charge in [-0.15, -0.1) is 5.10 Å². The van der Waals surface area contributed by atoms with Crippen LogP contribution in [0, 0.1) is 0 Å². The lowest BCUT2D eigenvalue weighted by atomic mass is 10.3. The molecule has 7 nitrogen and oxygen atoms in total. The molecule has 0 spiro atoms. The summed E-state index contributed by atoms with van der Waals surface area (Å²) in [7, 11) is 0. The summed E-state index contributed by atoms with van der Waals surface area (Å²) in [6.45, 7) is 4.56. The van der Waals surface area contributed by atoms with Crippen LogP contribution in [0.2, 0.25) is 0 Å². The smallest absolute Gasteiger partial charge is 0.247 e. The van der Waals surface area contributed by atoms with Crippen LogP contribution >= 0.6 is 0 Å². The Labute approximate surface area is 112 Å². The highest BCUT2D eigenvalue weighted by molar-refractivity contribution is 5.73. The first-order chi connectivity index (χ1) is 9.22. The van der Waals surface area contributed by atoms with E-state index in [-0.39, 0.29) is 5.91 Å². The predicted molar refractivity (Wildman–Crippen MR) is 70.9 cm³/mol. The fourth-order valence-corrected chi connectivity index (χ4v) is 2.16. The number of hydrogen-bond acceptors (Lipinski definition) is 6. The van der Waals surface area contributed by atoms with Gasteiger partial charge in [-0.05, 0) is 12.8 Å². The number of piperazine rings is 1. The summed E-state index contributed by atoms with van der Waals surface area (Å²) in [6.07, 6.45) is 4.07. The molecule has 0 radical (unpaired) electrons. The summed E-state index contributed by atoms with van der Waals surface area (Å²) in [5.74, 6) is 1.57. The molecule has 1 aromatic rings. The van der Waals surface area contributed by atoms with Crippen molar-refractivity contribution in [2.24, 2.45) is 0 Å². The quantitative estimate of drug-likeness (QED) is 0.833. The summed E-state index contributed by atoms with van der Waals surface area (Å²) in [6, 6.07) is 0.555. The number of aromatic nitrogens is 3. The zero-order chi connectivity index (χ0) is 13.2. The van der Waals surface area contributed by atoms with E-state index in [2.05, 4.69) is 25.4 Å². The zero-order valence-electron chi connectivity index (χ0n) is 11.0. The number of carbonyl (C=O) groups is 1. The second kappa shape index (κ2) is 4.99. The van der Waals surface area contributed by atoms with Crippen LogP contribution in [0.5, 0.6) is 0 Å². The third-order valence-electron chi connectivity index (χ3n) is 3.48. The second-order valence-electron chi connectivity index (χ2n) is 5.05. The van der Waals surface area contributed by atoms with E-state index in [4.69, 9.17) is 0 Å². The maximum atomic E-state index is 11.3. The van der Waals surface area contributed by atoms with Crippen LogP contribution < -0.4 is 10.2 Å². The molecule has 0 aromatic carbocycles. The average molecular weight is 262 g/mol. The Morgan fingerprint density at radius 3 is 2.68 bits per heavy atom. The summed E-state index contributed by atoms with van der Waals surface area (Å²) in [5, 5.41) is 11.4. The van der Waals surface area contributed by atoms with Crippen molar-refractivity contribution in [3.05, 3.63) is 6.20 Å². The van der Waals surface area contributed by atoms with E-state index in [1.165, 1.54) is 12.8 Å². The number of rotatable bonds is 3. The molecule has 1 N–H and O–H groups in total. The highest BCUT2D eigenvalue weighted by Gasteiger charge is 2.23. The van der Waals surface area contributed by atoms with Crippen LogP contribution in [0.3, 0.4) is 0 Å². The molecule has 2 heterocycles. The lowest BCUT2D eigenvalue weighted by molar-refractivity contribution is -0.129. The van der Waals surface area contributed by atoms with E-state index in [1.54, 1.807) is 13.1 Å². The molecule has 1 aliphatic heterocycles. The first kappa shape index (κ1) is 12.1. The van der Waals surface area contributed by atoms with Gasteiger partial charge < -0.3 is 15.1 Å². The van der Waals surface area contributed by atoms with Crippen molar-refractivity contribution in [3.8, 4) is 0 Å². The number of hydrogen-bond donors (Lipinski definition) is 1. The minimum atomic E-state index is 0.128. The molecule has 1 aliphatic carbocycles. The summed E-state index contributed by atoms with van der Waals surface area (Å²) in [5.41, 5.74) is 0. The van der Waals surface area contributed by atoms with Gasteiger partial charge in [0, 0.05) is 39.1 Å². The lowest BCUT2D eigenvalue weighted by Crippen LogP contribution is -2.48. The molecular weight excluding hydrogens is 244 g/mol. The third kappa shape index (κ3) is 2.91. The Balaban J connectivity index is 1.64. The van der Waals surface area contributed by atoms with Gasteiger partial charge in [0.1, 0.15) is 0 Å². The summed E-state index contributed by atoms with van der Waals surface area (Å²) in [4.78, 5) is 19.7. The van der Waals surface area contributed by atoms with Crippen molar-refractivity contribution in [1.82, 2.24) is 20.1 Å². The van der Waals surface area contributed by atoms with Gasteiger partial charge in [0.15, 0.2) is 5.82 Å². The van der Waals surface area contributed by atoms with Gasteiger partial charge in [-0.2, -0.15) is 10.1 Å². The van der Waals surface area contributed by atoms with Gasteiger partial charge in [-0.3, -0.25) is 4.79 Å². The first-order valence-electron chi connectivity index (χ1n) is 6.69. The molecule has 0 unspecified atom stereocenters. The molecule has 1 saturated heterocycles. The topological polar surface area (TPSA) is 74.2 Å². The lowest BCUT2D eigenvalue weighted by Gasteiger charge is -2.33. The van der Waals surface area contributed by atoms with E-state index in [1.807, 2.05) is 4.90 Å². The monoisotopic (exact) mass is 262 g/mol. The Kier molecular flexibility index (Phi) is 3.18. The van der Waals surface area contributed by atoms with Crippen molar-refractivity contribution in [1.29, 1.82) is 0 Å². The van der Waals surface area contributed by atoms with Gasteiger partial charge in [0.2, 0.25) is 11.9 Å². The van der Waals surface area contributed by atoms with Crippen molar-refractivity contribution in [2.45, 2.75) is 25.8 Å². The van der Waals surface area contributed by atoms with Crippen molar-refractivity contribution in [3.63, 3.8) is 0 Å². The van der Waals surface area contributed by atoms with Crippen molar-refractivity contribution in [2.75, 3.05) is 36.4 Å². The minimum absolute atomic E-state index is 0.128. The van der Waals surface area contributed by atoms with Crippen LogP contribution in [0.15, 0.2) is 6.20 Å². The predicted octanol–water partition coefficient (Wildman–Crippen LogP) is 0.114. The number of nitrogens with zero attached hydrogens (tertiary/aromatic N) is 5. The SMILES string of the molecule is CC(=O)N1CCN(c2nncc(NC3CC3)n2)CC1. The molecule has 0 bridgehead atoms. The van der Waals surface area contributed by atoms with Gasteiger partial charge >= 0.3 is 0 Å². The molecular formula is C12H18N6O. The van der Waals surface area contributed by atoms with Gasteiger partial charge in [0.05, 0.1) is 6.20 Å².